The number of allylic oxidation sites excluding steroid dienone is 2. The molecule has 0 radical (unpaired) electrons. The Morgan fingerprint density at radius 3 is 1.48 bits per heavy atom. The van der Waals surface area contributed by atoms with Gasteiger partial charge in [-0.1, -0.05) is 76.9 Å². The summed E-state index contributed by atoms with van der Waals surface area (Å²) in [4.78, 5) is 23.4. The molecule has 0 aromatic carbocycles. The van der Waals surface area contributed by atoms with Crippen molar-refractivity contribution in [2.24, 2.45) is 0 Å². The second kappa shape index (κ2) is 21.4. The molecule has 0 aliphatic carbocycles. The Morgan fingerprint density at radius 1 is 0.621 bits per heavy atom. The number of hydrogen-bond donors (Lipinski definition) is 2. The van der Waals surface area contributed by atoms with E-state index in [0.717, 1.165) is 19.4 Å². The van der Waals surface area contributed by atoms with E-state index >= 15 is 0 Å². The molecule has 0 atom stereocenters. The van der Waals surface area contributed by atoms with Crippen LogP contribution in [0.15, 0.2) is 12.2 Å². The minimum atomic E-state index is -0.827. The Labute approximate surface area is 178 Å². The first kappa shape index (κ1) is 27.6. The molecule has 2 N–H and O–H groups in total. The van der Waals surface area contributed by atoms with Crippen molar-refractivity contribution >= 4 is 11.9 Å². The average molecular weight is 412 g/mol. The number of carboxylic acid groups (broad SMARTS) is 2. The van der Waals surface area contributed by atoms with Gasteiger partial charge < -0.3 is 15.1 Å². The van der Waals surface area contributed by atoms with Crippen LogP contribution in [0, 0.1) is 0 Å². The Kier molecular flexibility index (Phi) is 20.3. The molecule has 0 spiro atoms. The van der Waals surface area contributed by atoms with Gasteiger partial charge in [-0.15, -0.1) is 0 Å². The molecular weight excluding hydrogens is 366 g/mol. The van der Waals surface area contributed by atoms with Gasteiger partial charge in [0.1, 0.15) is 0 Å². The van der Waals surface area contributed by atoms with Crippen molar-refractivity contribution in [2.75, 3.05) is 19.6 Å². The van der Waals surface area contributed by atoms with E-state index in [1.807, 2.05) is 4.90 Å². The second-order valence-electron chi connectivity index (χ2n) is 8.07. The summed E-state index contributed by atoms with van der Waals surface area (Å²) in [6, 6.07) is 0. The van der Waals surface area contributed by atoms with E-state index in [9.17, 15) is 9.59 Å². The molecule has 0 heterocycles. The van der Waals surface area contributed by atoms with Gasteiger partial charge in [-0.25, -0.2) is 0 Å². The first-order valence-electron chi connectivity index (χ1n) is 11.9. The summed E-state index contributed by atoms with van der Waals surface area (Å²) in [6.45, 7) is 3.93. The minimum Gasteiger partial charge on any atom is -0.481 e. The van der Waals surface area contributed by atoms with Crippen molar-refractivity contribution in [3.63, 3.8) is 0 Å². The van der Waals surface area contributed by atoms with Crippen molar-refractivity contribution in [3.8, 4) is 0 Å². The molecule has 0 fully saturated rings. The molecule has 5 heteroatoms. The quantitative estimate of drug-likeness (QED) is 0.162. The predicted molar refractivity (Wildman–Crippen MR) is 120 cm³/mol. The van der Waals surface area contributed by atoms with Crippen molar-refractivity contribution in [1.29, 1.82) is 0 Å². The molecule has 29 heavy (non-hydrogen) atoms. The van der Waals surface area contributed by atoms with Gasteiger partial charge in [-0.3, -0.25) is 9.59 Å². The van der Waals surface area contributed by atoms with Crippen molar-refractivity contribution in [1.82, 2.24) is 4.90 Å². The molecule has 0 aromatic heterocycles. The standard InChI is InChI=1S/C24H45NO4/c1-2-3-4-5-6-7-8-9-10-11-12-13-14-15-16-17-20-25(21-18-23(26)27)22-19-24(28)29/h9-10H,2-8,11-22H2,1H3,(H,26,27)(H,28,29)/b10-9+. The van der Waals surface area contributed by atoms with E-state index in [1.165, 1.54) is 77.0 Å². The van der Waals surface area contributed by atoms with Crippen LogP contribution in [0.2, 0.25) is 0 Å². The Morgan fingerprint density at radius 2 is 1.03 bits per heavy atom. The first-order valence-corrected chi connectivity index (χ1v) is 11.9. The summed E-state index contributed by atoms with van der Waals surface area (Å²) >= 11 is 0. The van der Waals surface area contributed by atoms with Gasteiger partial charge in [0.05, 0.1) is 12.8 Å². The fourth-order valence-corrected chi connectivity index (χ4v) is 3.43. The molecular formula is C24H45NO4. The fourth-order valence-electron chi connectivity index (χ4n) is 3.43. The summed E-state index contributed by atoms with van der Waals surface area (Å²) < 4.78 is 0. The van der Waals surface area contributed by atoms with Crippen LogP contribution in [0.4, 0.5) is 0 Å². The highest BCUT2D eigenvalue weighted by Gasteiger charge is 2.09. The third kappa shape index (κ3) is 22.8. The third-order valence-electron chi connectivity index (χ3n) is 5.27. The van der Waals surface area contributed by atoms with E-state index in [1.54, 1.807) is 0 Å². The van der Waals surface area contributed by atoms with Crippen molar-refractivity contribution in [2.45, 2.75) is 110 Å². The maximum absolute atomic E-state index is 10.7. The molecule has 0 rings (SSSR count). The van der Waals surface area contributed by atoms with Crippen LogP contribution in [-0.4, -0.2) is 46.7 Å². The molecule has 0 amide bonds. The lowest BCUT2D eigenvalue weighted by atomic mass is 10.1. The molecule has 0 aromatic rings. The van der Waals surface area contributed by atoms with E-state index in [0.29, 0.717) is 13.1 Å². The lowest BCUT2D eigenvalue weighted by Crippen LogP contribution is -2.30. The van der Waals surface area contributed by atoms with Crippen LogP contribution in [0.1, 0.15) is 110 Å². The molecule has 0 aliphatic heterocycles. The molecule has 0 saturated carbocycles. The van der Waals surface area contributed by atoms with E-state index in [-0.39, 0.29) is 12.8 Å². The largest absolute Gasteiger partial charge is 0.481 e. The maximum Gasteiger partial charge on any atom is 0.304 e. The number of aliphatic carboxylic acids is 2. The van der Waals surface area contributed by atoms with Crippen LogP contribution in [0.5, 0.6) is 0 Å². The molecule has 0 aliphatic rings. The summed E-state index contributed by atoms with van der Waals surface area (Å²) in [7, 11) is 0. The van der Waals surface area contributed by atoms with Gasteiger partial charge in [-0.05, 0) is 38.6 Å². The highest BCUT2D eigenvalue weighted by atomic mass is 16.4. The maximum atomic E-state index is 10.7. The zero-order chi connectivity index (χ0) is 21.6. The number of unbranched alkanes of at least 4 members (excludes halogenated alkanes) is 12. The Bertz CT molecular complexity index is 405. The third-order valence-corrected chi connectivity index (χ3v) is 5.27. The number of rotatable bonds is 22. The Hall–Kier alpha value is -1.36. The Balaban J connectivity index is 3.51. The summed E-state index contributed by atoms with van der Waals surface area (Å²) in [5.41, 5.74) is 0. The topological polar surface area (TPSA) is 77.8 Å². The van der Waals surface area contributed by atoms with Gasteiger partial charge in [-0.2, -0.15) is 0 Å². The number of carboxylic acids is 2. The van der Waals surface area contributed by atoms with Gasteiger partial charge in [0.25, 0.3) is 0 Å². The first-order chi connectivity index (χ1) is 14.1. The highest BCUT2D eigenvalue weighted by Crippen LogP contribution is 2.10. The van der Waals surface area contributed by atoms with Crippen molar-refractivity contribution in [3.05, 3.63) is 12.2 Å². The van der Waals surface area contributed by atoms with E-state index in [4.69, 9.17) is 10.2 Å². The smallest absolute Gasteiger partial charge is 0.304 e. The number of hydrogen-bond acceptors (Lipinski definition) is 3. The lowest BCUT2D eigenvalue weighted by Gasteiger charge is -2.20. The van der Waals surface area contributed by atoms with Crippen LogP contribution in [0.25, 0.3) is 0 Å². The van der Waals surface area contributed by atoms with Gasteiger partial charge >= 0.3 is 11.9 Å². The zero-order valence-corrected chi connectivity index (χ0v) is 18.7. The van der Waals surface area contributed by atoms with Gasteiger partial charge in [0.2, 0.25) is 0 Å². The molecule has 170 valence electrons. The van der Waals surface area contributed by atoms with Crippen LogP contribution in [0.3, 0.4) is 0 Å². The molecule has 0 saturated heterocycles. The van der Waals surface area contributed by atoms with Crippen LogP contribution in [-0.2, 0) is 9.59 Å². The summed E-state index contributed by atoms with van der Waals surface area (Å²) in [5, 5.41) is 17.6. The van der Waals surface area contributed by atoms with E-state index < -0.39 is 11.9 Å². The molecule has 0 unspecified atom stereocenters. The number of carbonyl (C=O) groups is 2. The SMILES string of the molecule is CCCCCCCC/C=C/CCCCCCCCN(CCC(=O)O)CCC(=O)O. The van der Waals surface area contributed by atoms with Crippen LogP contribution < -0.4 is 0 Å². The predicted octanol–water partition coefficient (Wildman–Crippen LogP) is 6.28. The summed E-state index contributed by atoms with van der Waals surface area (Å²) in [6.07, 6.45) is 22.5. The monoisotopic (exact) mass is 411 g/mol. The normalized spacial score (nSPS) is 11.5. The number of nitrogens with zero attached hydrogens (tertiary/aromatic N) is 1. The zero-order valence-electron chi connectivity index (χ0n) is 18.7. The lowest BCUT2D eigenvalue weighted by molar-refractivity contribution is -0.137. The highest BCUT2D eigenvalue weighted by molar-refractivity contribution is 5.67. The van der Waals surface area contributed by atoms with Crippen molar-refractivity contribution < 1.29 is 19.8 Å². The van der Waals surface area contributed by atoms with Gasteiger partial charge in [0.15, 0.2) is 0 Å². The molecule has 5 nitrogen and oxygen atoms in total. The summed E-state index contributed by atoms with van der Waals surface area (Å²) in [5.74, 6) is -1.65. The fraction of sp³-hybridized carbons (Fsp3) is 0.833. The van der Waals surface area contributed by atoms with Gasteiger partial charge in [0, 0.05) is 13.1 Å². The van der Waals surface area contributed by atoms with E-state index in [2.05, 4.69) is 19.1 Å². The molecule has 0 bridgehead atoms. The minimum absolute atomic E-state index is 0.0754. The van der Waals surface area contributed by atoms with Crippen LogP contribution >= 0.6 is 0 Å². The average Bonchev–Trinajstić information content (AvgIpc) is 2.68. The second-order valence-corrected chi connectivity index (χ2v) is 8.07.